The van der Waals surface area contributed by atoms with Crippen molar-refractivity contribution in [3.05, 3.63) is 42.1 Å². The van der Waals surface area contributed by atoms with E-state index >= 15 is 0 Å². The van der Waals surface area contributed by atoms with Gasteiger partial charge in [0.1, 0.15) is 6.61 Å². The molecule has 1 aromatic rings. The third kappa shape index (κ3) is 3.72. The summed E-state index contributed by atoms with van der Waals surface area (Å²) in [5.41, 5.74) is 2.28. The van der Waals surface area contributed by atoms with Crippen molar-refractivity contribution in [1.82, 2.24) is 9.88 Å². The molecule has 0 bridgehead atoms. The third-order valence-corrected chi connectivity index (χ3v) is 4.29. The second-order valence-electron chi connectivity index (χ2n) is 5.73. The molecule has 1 fully saturated rings. The second kappa shape index (κ2) is 7.03. The summed E-state index contributed by atoms with van der Waals surface area (Å²) in [6.45, 7) is 4.70. The van der Waals surface area contributed by atoms with Gasteiger partial charge in [-0.15, -0.1) is 0 Å². The van der Waals surface area contributed by atoms with E-state index in [1.165, 1.54) is 5.57 Å². The summed E-state index contributed by atoms with van der Waals surface area (Å²) in [7, 11) is 2.16. The lowest BCUT2D eigenvalue weighted by atomic mass is 10.1. The lowest BCUT2D eigenvalue weighted by Crippen LogP contribution is -2.44. The minimum atomic E-state index is 0.544. The van der Waals surface area contributed by atoms with E-state index in [4.69, 9.17) is 17.0 Å². The number of anilines is 1. The molecule has 0 spiro atoms. The van der Waals surface area contributed by atoms with Crippen molar-refractivity contribution in [2.45, 2.75) is 6.42 Å². The number of aromatic nitrogens is 1. The summed E-state index contributed by atoms with van der Waals surface area (Å²) in [6, 6.07) is 4.06. The van der Waals surface area contributed by atoms with Gasteiger partial charge >= 0.3 is 0 Å². The van der Waals surface area contributed by atoms with Gasteiger partial charge in [0.2, 0.25) is 5.88 Å². The highest BCUT2D eigenvalue weighted by atomic mass is 32.1. The number of piperazine rings is 1. The van der Waals surface area contributed by atoms with Gasteiger partial charge in [-0.25, -0.2) is 4.98 Å². The molecular weight excluding hydrogens is 294 g/mol. The number of pyridine rings is 1. The molecule has 0 radical (unpaired) electrons. The van der Waals surface area contributed by atoms with Crippen LogP contribution in [0.1, 0.15) is 6.42 Å². The van der Waals surface area contributed by atoms with Crippen LogP contribution in [0.3, 0.4) is 0 Å². The quantitative estimate of drug-likeness (QED) is 0.796. The highest BCUT2D eigenvalue weighted by molar-refractivity contribution is 7.80. The monoisotopic (exact) mass is 315 g/mol. The van der Waals surface area contributed by atoms with Crippen LogP contribution < -0.4 is 9.64 Å². The second-order valence-corrected chi connectivity index (χ2v) is 6.26. The van der Waals surface area contributed by atoms with Crippen LogP contribution in [0, 0.1) is 0 Å². The predicted molar refractivity (Wildman–Crippen MR) is 93.9 cm³/mol. The number of likely N-dealkylation sites (N-methyl/N-ethyl adjacent to an activating group) is 1. The number of nitrogens with zero attached hydrogens (tertiary/aromatic N) is 3. The molecule has 1 aliphatic carbocycles. The largest absolute Gasteiger partial charge is 0.472 e. The first-order chi connectivity index (χ1) is 10.7. The Morgan fingerprint density at radius 2 is 2.09 bits per heavy atom. The summed E-state index contributed by atoms with van der Waals surface area (Å²) in [4.78, 5) is 10.1. The Hall–Kier alpha value is -1.72. The maximum absolute atomic E-state index is 5.98. The van der Waals surface area contributed by atoms with Crippen LogP contribution in [0.15, 0.2) is 42.1 Å². The standard InChI is InChI=1S/C17H21N3OS/c1-19-8-10-20(11-9-19)16-6-3-7-18-17(16)21-13-14-4-2-5-15(22)12-14/h2-7H,8-13H2,1H3. The van der Waals surface area contributed by atoms with Gasteiger partial charge in [-0.05, 0) is 30.8 Å². The van der Waals surface area contributed by atoms with E-state index in [1.54, 1.807) is 6.20 Å². The molecule has 2 heterocycles. The van der Waals surface area contributed by atoms with Crippen LogP contribution in [-0.2, 0) is 0 Å². The smallest absolute Gasteiger partial charge is 0.237 e. The van der Waals surface area contributed by atoms with Crippen LogP contribution in [0.2, 0.25) is 0 Å². The molecule has 0 amide bonds. The van der Waals surface area contributed by atoms with Crippen molar-refractivity contribution in [2.75, 3.05) is 44.7 Å². The predicted octanol–water partition coefficient (Wildman–Crippen LogP) is 2.47. The molecule has 0 N–H and O–H groups in total. The van der Waals surface area contributed by atoms with Gasteiger partial charge in [0, 0.05) is 43.7 Å². The fourth-order valence-electron chi connectivity index (χ4n) is 2.67. The lowest BCUT2D eigenvalue weighted by Gasteiger charge is -2.34. The molecule has 2 aliphatic rings. The van der Waals surface area contributed by atoms with Crippen molar-refractivity contribution < 1.29 is 4.74 Å². The Bertz CT molecular complexity index is 604. The van der Waals surface area contributed by atoms with E-state index in [0.29, 0.717) is 12.5 Å². The number of thiocarbonyl (C=S) groups is 1. The fourth-order valence-corrected chi connectivity index (χ4v) is 2.94. The van der Waals surface area contributed by atoms with E-state index < -0.39 is 0 Å². The van der Waals surface area contributed by atoms with Crippen LogP contribution in [0.4, 0.5) is 5.69 Å². The molecule has 1 aromatic heterocycles. The van der Waals surface area contributed by atoms with Crippen molar-refractivity contribution in [2.24, 2.45) is 0 Å². The zero-order valence-electron chi connectivity index (χ0n) is 12.9. The molecule has 116 valence electrons. The maximum atomic E-state index is 5.98. The highest BCUT2D eigenvalue weighted by Gasteiger charge is 2.18. The van der Waals surface area contributed by atoms with Gasteiger partial charge < -0.3 is 14.5 Å². The summed E-state index contributed by atoms with van der Waals surface area (Å²) >= 11 is 5.24. The minimum Gasteiger partial charge on any atom is -0.472 e. The molecule has 1 saturated heterocycles. The summed E-state index contributed by atoms with van der Waals surface area (Å²) < 4.78 is 5.98. The first kappa shape index (κ1) is 15.2. The topological polar surface area (TPSA) is 28.6 Å². The zero-order valence-corrected chi connectivity index (χ0v) is 13.7. The summed E-state index contributed by atoms with van der Waals surface area (Å²) in [5.74, 6) is 0.716. The van der Waals surface area contributed by atoms with Gasteiger partial charge in [0.05, 0.1) is 5.69 Å². The van der Waals surface area contributed by atoms with Gasteiger partial charge in [-0.1, -0.05) is 24.4 Å². The van der Waals surface area contributed by atoms with E-state index in [1.807, 2.05) is 18.2 Å². The molecule has 0 saturated carbocycles. The minimum absolute atomic E-state index is 0.544. The van der Waals surface area contributed by atoms with Crippen molar-refractivity contribution in [3.63, 3.8) is 0 Å². The Morgan fingerprint density at radius 3 is 2.86 bits per heavy atom. The molecule has 5 heteroatoms. The molecule has 0 atom stereocenters. The zero-order chi connectivity index (χ0) is 15.4. The molecule has 1 aliphatic heterocycles. The summed E-state index contributed by atoms with van der Waals surface area (Å²) in [6.07, 6.45) is 8.63. The van der Waals surface area contributed by atoms with Crippen LogP contribution in [0.5, 0.6) is 5.88 Å². The fraction of sp³-hybridized carbons (Fsp3) is 0.412. The van der Waals surface area contributed by atoms with Crippen molar-refractivity contribution in [1.29, 1.82) is 0 Å². The van der Waals surface area contributed by atoms with E-state index in [9.17, 15) is 0 Å². The Balaban J connectivity index is 1.67. The first-order valence-electron chi connectivity index (χ1n) is 7.62. The number of allylic oxidation sites excluding steroid dienone is 3. The Kier molecular flexibility index (Phi) is 4.85. The highest BCUT2D eigenvalue weighted by Crippen LogP contribution is 2.27. The average Bonchev–Trinajstić information content (AvgIpc) is 2.54. The molecule has 3 rings (SSSR count). The SMILES string of the molecule is CN1CCN(c2cccnc2OCC2=CC=CC(=S)C2)CC1. The summed E-state index contributed by atoms with van der Waals surface area (Å²) in [5, 5.41) is 0. The number of hydrogen-bond donors (Lipinski definition) is 0. The third-order valence-electron chi connectivity index (χ3n) is 4.00. The van der Waals surface area contributed by atoms with Gasteiger partial charge in [-0.3, -0.25) is 0 Å². The van der Waals surface area contributed by atoms with E-state index in [-0.39, 0.29) is 0 Å². The number of ether oxygens (including phenoxy) is 1. The van der Waals surface area contributed by atoms with Gasteiger partial charge in [0.25, 0.3) is 0 Å². The lowest BCUT2D eigenvalue weighted by molar-refractivity contribution is 0.306. The van der Waals surface area contributed by atoms with E-state index in [2.05, 4.69) is 34.0 Å². The van der Waals surface area contributed by atoms with Gasteiger partial charge in [-0.2, -0.15) is 0 Å². The molecule has 0 unspecified atom stereocenters. The average molecular weight is 315 g/mol. The van der Waals surface area contributed by atoms with Crippen LogP contribution in [-0.4, -0.2) is 54.6 Å². The van der Waals surface area contributed by atoms with Crippen molar-refractivity contribution in [3.8, 4) is 5.88 Å². The number of rotatable bonds is 4. The number of hydrogen-bond acceptors (Lipinski definition) is 5. The molecule has 4 nitrogen and oxygen atoms in total. The maximum Gasteiger partial charge on any atom is 0.237 e. The normalized spacial score (nSPS) is 19.2. The van der Waals surface area contributed by atoms with Crippen LogP contribution >= 0.6 is 12.2 Å². The molecular formula is C17H21N3OS. The van der Waals surface area contributed by atoms with Crippen molar-refractivity contribution >= 4 is 22.8 Å². The van der Waals surface area contributed by atoms with Gasteiger partial charge in [0.15, 0.2) is 0 Å². The Morgan fingerprint density at radius 1 is 1.27 bits per heavy atom. The van der Waals surface area contributed by atoms with Crippen LogP contribution in [0.25, 0.3) is 0 Å². The molecule has 22 heavy (non-hydrogen) atoms. The Labute approximate surface area is 137 Å². The van der Waals surface area contributed by atoms with E-state index in [0.717, 1.165) is 43.2 Å². The molecule has 0 aromatic carbocycles. The first-order valence-corrected chi connectivity index (χ1v) is 8.03.